The molecule has 0 amide bonds. The van der Waals surface area contributed by atoms with Gasteiger partial charge < -0.3 is 0 Å². The fourth-order valence-electron chi connectivity index (χ4n) is 1.43. The summed E-state index contributed by atoms with van der Waals surface area (Å²) < 4.78 is 24.9. The van der Waals surface area contributed by atoms with Crippen molar-refractivity contribution in [3.05, 3.63) is 58.8 Å². The van der Waals surface area contributed by atoms with E-state index in [2.05, 4.69) is 30.8 Å². The Labute approximate surface area is 125 Å². The van der Waals surface area contributed by atoms with Crippen molar-refractivity contribution in [2.24, 2.45) is 5.10 Å². The fraction of sp³-hybridized carbons (Fsp3) is 0.0769. The van der Waals surface area contributed by atoms with Gasteiger partial charge in [-0.3, -0.25) is 4.98 Å². The zero-order valence-corrected chi connectivity index (χ0v) is 13.0. The maximum absolute atomic E-state index is 12.0. The molecule has 0 unspecified atom stereocenters. The van der Waals surface area contributed by atoms with Crippen LogP contribution in [0, 0.1) is 0 Å². The molecule has 0 spiro atoms. The average molecular weight is 354 g/mol. The van der Waals surface area contributed by atoms with Crippen LogP contribution >= 0.6 is 15.9 Å². The lowest BCUT2D eigenvalue weighted by atomic mass is 10.3. The van der Waals surface area contributed by atoms with Gasteiger partial charge in [-0.2, -0.15) is 18.4 Å². The molecule has 104 valence electrons. The SMILES string of the molecule is C/C(=N/NS(=O)(=O)c1ccc(Br)cc1)c1ccccn1. The Bertz CT molecular complexity index is 713. The van der Waals surface area contributed by atoms with E-state index in [0.717, 1.165) is 4.47 Å². The maximum Gasteiger partial charge on any atom is 0.276 e. The van der Waals surface area contributed by atoms with Gasteiger partial charge in [0.15, 0.2) is 0 Å². The first-order valence-corrected chi connectivity index (χ1v) is 8.00. The predicted molar refractivity (Wildman–Crippen MR) is 80.9 cm³/mol. The summed E-state index contributed by atoms with van der Waals surface area (Å²) in [4.78, 5) is 6.44. The largest absolute Gasteiger partial charge is 0.276 e. The molecule has 0 bridgehead atoms. The van der Waals surface area contributed by atoms with Crippen LogP contribution in [0.15, 0.2) is 63.1 Å². The second kappa shape index (κ2) is 6.15. The number of hydrazone groups is 1. The number of nitrogens with one attached hydrogen (secondary N) is 1. The highest BCUT2D eigenvalue weighted by molar-refractivity contribution is 9.10. The first-order chi connectivity index (χ1) is 9.49. The van der Waals surface area contributed by atoms with Gasteiger partial charge in [-0.05, 0) is 43.3 Å². The van der Waals surface area contributed by atoms with Crippen LogP contribution < -0.4 is 4.83 Å². The molecular weight excluding hydrogens is 342 g/mol. The normalized spacial score (nSPS) is 12.2. The molecule has 0 aliphatic rings. The molecule has 20 heavy (non-hydrogen) atoms. The van der Waals surface area contributed by atoms with Crippen LogP contribution in [0.3, 0.4) is 0 Å². The quantitative estimate of drug-likeness (QED) is 0.678. The summed E-state index contributed by atoms with van der Waals surface area (Å²) >= 11 is 3.25. The highest BCUT2D eigenvalue weighted by Gasteiger charge is 2.12. The van der Waals surface area contributed by atoms with Crippen molar-refractivity contribution in [2.45, 2.75) is 11.8 Å². The van der Waals surface area contributed by atoms with Gasteiger partial charge in [0, 0.05) is 10.7 Å². The van der Waals surface area contributed by atoms with E-state index < -0.39 is 10.0 Å². The average Bonchev–Trinajstić information content (AvgIpc) is 2.46. The van der Waals surface area contributed by atoms with E-state index in [1.165, 1.54) is 12.1 Å². The van der Waals surface area contributed by atoms with Gasteiger partial charge in [0.25, 0.3) is 10.0 Å². The van der Waals surface area contributed by atoms with Crippen LogP contribution in [0.5, 0.6) is 0 Å². The second-order valence-electron chi connectivity index (χ2n) is 3.96. The summed E-state index contributed by atoms with van der Waals surface area (Å²) in [6, 6.07) is 11.7. The zero-order valence-electron chi connectivity index (χ0n) is 10.6. The van der Waals surface area contributed by atoms with Crippen molar-refractivity contribution >= 4 is 31.7 Å². The van der Waals surface area contributed by atoms with Gasteiger partial charge in [0.1, 0.15) is 0 Å². The van der Waals surface area contributed by atoms with Gasteiger partial charge in [-0.15, -0.1) is 0 Å². The summed E-state index contributed by atoms with van der Waals surface area (Å²) in [5.41, 5.74) is 1.11. The second-order valence-corrected chi connectivity index (χ2v) is 6.54. The van der Waals surface area contributed by atoms with Crippen molar-refractivity contribution in [3.63, 3.8) is 0 Å². The van der Waals surface area contributed by atoms with Crippen molar-refractivity contribution in [3.8, 4) is 0 Å². The molecule has 2 aromatic rings. The first kappa shape index (κ1) is 14.7. The molecule has 0 aliphatic carbocycles. The third kappa shape index (κ3) is 3.64. The molecule has 0 atom stereocenters. The number of pyridine rings is 1. The standard InChI is InChI=1S/C13H12BrN3O2S/c1-10(13-4-2-3-9-15-13)16-17-20(18,19)12-7-5-11(14)6-8-12/h2-9,17H,1H3/b16-10-. The molecule has 5 nitrogen and oxygen atoms in total. The first-order valence-electron chi connectivity index (χ1n) is 5.72. The minimum atomic E-state index is -3.67. The van der Waals surface area contributed by atoms with Crippen molar-refractivity contribution in [1.82, 2.24) is 9.82 Å². The van der Waals surface area contributed by atoms with Gasteiger partial charge in [-0.25, -0.2) is 0 Å². The highest BCUT2D eigenvalue weighted by Crippen LogP contribution is 2.14. The minimum absolute atomic E-state index is 0.151. The van der Waals surface area contributed by atoms with Crippen LogP contribution in [0.1, 0.15) is 12.6 Å². The number of rotatable bonds is 4. The van der Waals surface area contributed by atoms with Gasteiger partial charge in [0.05, 0.1) is 16.3 Å². The highest BCUT2D eigenvalue weighted by atomic mass is 79.9. The summed E-state index contributed by atoms with van der Waals surface area (Å²) in [6.07, 6.45) is 1.62. The molecule has 1 heterocycles. The summed E-state index contributed by atoms with van der Waals surface area (Å²) in [6.45, 7) is 1.69. The van der Waals surface area contributed by atoms with Gasteiger partial charge in [-0.1, -0.05) is 22.0 Å². The molecule has 0 aliphatic heterocycles. The Kier molecular flexibility index (Phi) is 4.51. The lowest BCUT2D eigenvalue weighted by molar-refractivity contribution is 0.584. The molecule has 7 heteroatoms. The van der Waals surface area contributed by atoms with E-state index in [0.29, 0.717) is 11.4 Å². The molecule has 1 aromatic heterocycles. The van der Waals surface area contributed by atoms with Crippen LogP contribution in [-0.2, 0) is 10.0 Å². The fourth-order valence-corrected chi connectivity index (χ4v) is 2.55. The number of benzene rings is 1. The van der Waals surface area contributed by atoms with Gasteiger partial charge >= 0.3 is 0 Å². The van der Waals surface area contributed by atoms with Crippen LogP contribution in [0.2, 0.25) is 0 Å². The number of hydrogen-bond acceptors (Lipinski definition) is 4. The third-order valence-electron chi connectivity index (χ3n) is 2.49. The van der Waals surface area contributed by atoms with Crippen molar-refractivity contribution in [1.29, 1.82) is 0 Å². The van der Waals surface area contributed by atoms with Crippen LogP contribution in [0.4, 0.5) is 0 Å². The number of nitrogens with zero attached hydrogens (tertiary/aromatic N) is 2. The molecule has 2 rings (SSSR count). The number of hydrogen-bond donors (Lipinski definition) is 1. The Morgan fingerprint density at radius 1 is 1.20 bits per heavy atom. The zero-order chi connectivity index (χ0) is 14.6. The Balaban J connectivity index is 2.19. The summed E-state index contributed by atoms with van der Waals surface area (Å²) in [7, 11) is -3.67. The van der Waals surface area contributed by atoms with Crippen molar-refractivity contribution in [2.75, 3.05) is 0 Å². The number of halogens is 1. The molecule has 0 saturated carbocycles. The predicted octanol–water partition coefficient (Wildman–Crippen LogP) is 2.55. The molecular formula is C13H12BrN3O2S. The Morgan fingerprint density at radius 3 is 2.50 bits per heavy atom. The molecule has 1 N–H and O–H groups in total. The number of sulfonamides is 1. The van der Waals surface area contributed by atoms with E-state index in [9.17, 15) is 8.42 Å². The lowest BCUT2D eigenvalue weighted by Crippen LogP contribution is -2.20. The molecule has 0 fully saturated rings. The van der Waals surface area contributed by atoms with E-state index in [-0.39, 0.29) is 4.90 Å². The number of aromatic nitrogens is 1. The lowest BCUT2D eigenvalue weighted by Gasteiger charge is -2.05. The molecule has 0 saturated heterocycles. The summed E-state index contributed by atoms with van der Waals surface area (Å²) in [5.74, 6) is 0. The molecule has 0 radical (unpaired) electrons. The smallest absolute Gasteiger partial charge is 0.255 e. The Morgan fingerprint density at radius 2 is 1.90 bits per heavy atom. The Hall–Kier alpha value is -1.73. The summed E-state index contributed by atoms with van der Waals surface area (Å²) in [5, 5.41) is 3.87. The maximum atomic E-state index is 12.0. The minimum Gasteiger partial charge on any atom is -0.255 e. The third-order valence-corrected chi connectivity index (χ3v) is 4.25. The van der Waals surface area contributed by atoms with E-state index in [1.54, 1.807) is 37.4 Å². The molecule has 1 aromatic carbocycles. The van der Waals surface area contributed by atoms with E-state index in [4.69, 9.17) is 0 Å². The van der Waals surface area contributed by atoms with Crippen molar-refractivity contribution < 1.29 is 8.42 Å². The monoisotopic (exact) mass is 353 g/mol. The van der Waals surface area contributed by atoms with Gasteiger partial charge in [0.2, 0.25) is 0 Å². The van der Waals surface area contributed by atoms with E-state index in [1.807, 2.05) is 6.07 Å². The van der Waals surface area contributed by atoms with Crippen LogP contribution in [0.25, 0.3) is 0 Å². The van der Waals surface area contributed by atoms with E-state index >= 15 is 0 Å². The van der Waals surface area contributed by atoms with Crippen LogP contribution in [-0.4, -0.2) is 19.1 Å². The topological polar surface area (TPSA) is 71.4 Å².